The lowest BCUT2D eigenvalue weighted by atomic mass is 10.1. The summed E-state index contributed by atoms with van der Waals surface area (Å²) in [4.78, 5) is 20.5. The van der Waals surface area contributed by atoms with E-state index in [1.54, 1.807) is 30.8 Å². The lowest BCUT2D eigenvalue weighted by molar-refractivity contribution is 0.251. The van der Waals surface area contributed by atoms with Crippen LogP contribution < -0.4 is 10.6 Å². The Bertz CT molecular complexity index is 1270. The Morgan fingerprint density at radius 1 is 1.10 bits per heavy atom. The number of benzene rings is 2. The molecule has 0 bridgehead atoms. The summed E-state index contributed by atoms with van der Waals surface area (Å²) in [7, 11) is 0. The first kappa shape index (κ1) is 19.9. The molecule has 0 aliphatic carbocycles. The van der Waals surface area contributed by atoms with E-state index in [9.17, 15) is 10.1 Å². The maximum Gasteiger partial charge on any atom is 0.321 e. The van der Waals surface area contributed by atoms with Gasteiger partial charge in [0.05, 0.1) is 5.57 Å². The van der Waals surface area contributed by atoms with Crippen molar-refractivity contribution in [2.45, 2.75) is 6.42 Å². The summed E-state index contributed by atoms with van der Waals surface area (Å²) in [6, 6.07) is 18.9. The number of nitrogens with zero attached hydrogens (tertiary/aromatic N) is 3. The second-order valence-corrected chi connectivity index (χ2v) is 6.77. The molecule has 0 saturated carbocycles. The maximum absolute atomic E-state index is 12.2. The number of aromatic nitrogens is 2. The van der Waals surface area contributed by atoms with Crippen molar-refractivity contribution in [1.82, 2.24) is 15.3 Å². The molecule has 7 nitrogen and oxygen atoms in total. The van der Waals surface area contributed by atoms with E-state index in [1.165, 1.54) is 0 Å². The van der Waals surface area contributed by atoms with E-state index in [2.05, 4.69) is 26.7 Å². The van der Waals surface area contributed by atoms with Crippen LogP contribution in [0.5, 0.6) is 0 Å². The zero-order valence-electron chi connectivity index (χ0n) is 16.6. The summed E-state index contributed by atoms with van der Waals surface area (Å²) >= 11 is 0. The molecule has 4 aromatic rings. The average Bonchev–Trinajstić information content (AvgIpc) is 3.21. The van der Waals surface area contributed by atoms with Gasteiger partial charge in [0.1, 0.15) is 12.3 Å². The topological polar surface area (TPSA) is 104 Å². The van der Waals surface area contributed by atoms with Crippen molar-refractivity contribution in [1.29, 1.82) is 5.26 Å². The molecule has 0 aliphatic rings. The van der Waals surface area contributed by atoms with Crippen molar-refractivity contribution in [2.75, 3.05) is 11.9 Å². The standard InChI is InChI=1S/C24H19N5O2/c25-15-20(22-26-10-4-11-27-22)14-18-6-3-5-17(13-18)9-12-28-24(30)29-23-21-8-2-1-7-19(21)16-31-23/h1-8,10-11,13-14,16H,9,12H2,(H2,28,29,30). The van der Waals surface area contributed by atoms with Gasteiger partial charge in [-0.3, -0.25) is 5.32 Å². The molecule has 0 radical (unpaired) electrons. The molecule has 0 unspecified atom stereocenters. The van der Waals surface area contributed by atoms with Gasteiger partial charge >= 0.3 is 6.03 Å². The second-order valence-electron chi connectivity index (χ2n) is 6.77. The number of nitriles is 1. The van der Waals surface area contributed by atoms with Gasteiger partial charge in [-0.25, -0.2) is 14.8 Å². The van der Waals surface area contributed by atoms with Crippen LogP contribution in [0, 0.1) is 11.3 Å². The summed E-state index contributed by atoms with van der Waals surface area (Å²) in [6.07, 6.45) is 7.21. The summed E-state index contributed by atoms with van der Waals surface area (Å²) in [6.45, 7) is 0.449. The van der Waals surface area contributed by atoms with Crippen LogP contribution in [0.2, 0.25) is 0 Å². The number of hydrogen-bond donors (Lipinski definition) is 2. The van der Waals surface area contributed by atoms with E-state index in [-0.39, 0.29) is 6.03 Å². The number of rotatable bonds is 6. The lowest BCUT2D eigenvalue weighted by Crippen LogP contribution is -2.30. The van der Waals surface area contributed by atoms with Gasteiger partial charge in [0.15, 0.2) is 5.82 Å². The molecule has 7 heteroatoms. The van der Waals surface area contributed by atoms with Gasteiger partial charge in [-0.1, -0.05) is 42.5 Å². The number of anilines is 1. The minimum absolute atomic E-state index is 0.329. The van der Waals surface area contributed by atoms with Crippen LogP contribution in [0.25, 0.3) is 22.4 Å². The van der Waals surface area contributed by atoms with Gasteiger partial charge in [0, 0.05) is 29.7 Å². The van der Waals surface area contributed by atoms with Crippen molar-refractivity contribution >= 4 is 34.3 Å². The zero-order chi connectivity index (χ0) is 21.5. The molecule has 2 heterocycles. The molecule has 2 N–H and O–H groups in total. The fourth-order valence-electron chi connectivity index (χ4n) is 3.15. The highest BCUT2D eigenvalue weighted by atomic mass is 16.3. The molecule has 0 saturated heterocycles. The molecule has 0 aliphatic heterocycles. The van der Waals surface area contributed by atoms with Crippen LogP contribution in [0.1, 0.15) is 17.0 Å². The highest BCUT2D eigenvalue weighted by Gasteiger charge is 2.09. The Morgan fingerprint density at radius 3 is 2.77 bits per heavy atom. The highest BCUT2D eigenvalue weighted by molar-refractivity contribution is 5.99. The third kappa shape index (κ3) is 4.95. The zero-order valence-corrected chi connectivity index (χ0v) is 16.6. The van der Waals surface area contributed by atoms with E-state index in [0.29, 0.717) is 30.2 Å². The van der Waals surface area contributed by atoms with E-state index in [4.69, 9.17) is 4.42 Å². The van der Waals surface area contributed by atoms with Gasteiger partial charge in [-0.05, 0) is 35.8 Å². The highest BCUT2D eigenvalue weighted by Crippen LogP contribution is 2.25. The Balaban J connectivity index is 1.35. The largest absolute Gasteiger partial charge is 0.447 e. The van der Waals surface area contributed by atoms with Gasteiger partial charge in [0.25, 0.3) is 0 Å². The average molecular weight is 409 g/mol. The Hall–Kier alpha value is -4.44. The van der Waals surface area contributed by atoms with E-state index < -0.39 is 0 Å². The quantitative estimate of drug-likeness (QED) is 0.451. The molecule has 2 aromatic heterocycles. The molecule has 31 heavy (non-hydrogen) atoms. The molecule has 0 atom stereocenters. The molecule has 0 spiro atoms. The van der Waals surface area contributed by atoms with Crippen LogP contribution in [-0.4, -0.2) is 22.5 Å². The number of allylic oxidation sites excluding steroid dienone is 1. The van der Waals surface area contributed by atoms with Gasteiger partial charge in [-0.15, -0.1) is 0 Å². The summed E-state index contributed by atoms with van der Waals surface area (Å²) in [5.74, 6) is 0.812. The molecule has 4 rings (SSSR count). The van der Waals surface area contributed by atoms with Crippen LogP contribution in [0.3, 0.4) is 0 Å². The van der Waals surface area contributed by atoms with Gasteiger partial charge in [-0.2, -0.15) is 5.26 Å². The number of fused-ring (bicyclic) bond motifs is 1. The van der Waals surface area contributed by atoms with Crippen LogP contribution in [0.4, 0.5) is 10.7 Å². The van der Waals surface area contributed by atoms with Crippen LogP contribution in [0.15, 0.2) is 77.7 Å². The smallest absolute Gasteiger partial charge is 0.321 e. The fraction of sp³-hybridized carbons (Fsp3) is 0.0833. The van der Waals surface area contributed by atoms with E-state index in [1.807, 2.05) is 48.5 Å². The minimum atomic E-state index is -0.329. The second kappa shape index (κ2) is 9.37. The molecule has 0 fully saturated rings. The number of carbonyl (C=O) groups excluding carboxylic acids is 1. The first-order valence-corrected chi connectivity index (χ1v) is 9.72. The van der Waals surface area contributed by atoms with Crippen molar-refractivity contribution in [2.24, 2.45) is 0 Å². The summed E-state index contributed by atoms with van der Waals surface area (Å²) in [5.41, 5.74) is 2.29. The molecular formula is C24H19N5O2. The predicted octanol–water partition coefficient (Wildman–Crippen LogP) is 4.65. The molecule has 152 valence electrons. The number of furan rings is 1. The van der Waals surface area contributed by atoms with Crippen molar-refractivity contribution in [3.05, 3.63) is 90.2 Å². The molecule has 2 aromatic carbocycles. The summed E-state index contributed by atoms with van der Waals surface area (Å²) < 4.78 is 5.44. The summed E-state index contributed by atoms with van der Waals surface area (Å²) in [5, 5.41) is 16.8. The van der Waals surface area contributed by atoms with Crippen molar-refractivity contribution < 1.29 is 9.21 Å². The molecular weight excluding hydrogens is 390 g/mol. The monoisotopic (exact) mass is 409 g/mol. The van der Waals surface area contributed by atoms with Crippen molar-refractivity contribution in [3.63, 3.8) is 0 Å². The van der Waals surface area contributed by atoms with E-state index in [0.717, 1.165) is 21.9 Å². The minimum Gasteiger partial charge on any atom is -0.447 e. The number of nitrogens with one attached hydrogen (secondary N) is 2. The van der Waals surface area contributed by atoms with Crippen molar-refractivity contribution in [3.8, 4) is 6.07 Å². The normalized spacial score (nSPS) is 11.1. The number of hydrogen-bond acceptors (Lipinski definition) is 5. The van der Waals surface area contributed by atoms with Crippen LogP contribution >= 0.6 is 0 Å². The fourth-order valence-corrected chi connectivity index (χ4v) is 3.15. The Kier molecular flexibility index (Phi) is 6.00. The van der Waals surface area contributed by atoms with E-state index >= 15 is 0 Å². The number of urea groups is 1. The Labute approximate surface area is 179 Å². The maximum atomic E-state index is 12.2. The van der Waals surface area contributed by atoms with Gasteiger partial charge < -0.3 is 9.73 Å². The molecule has 2 amide bonds. The van der Waals surface area contributed by atoms with Gasteiger partial charge in [0.2, 0.25) is 5.88 Å². The third-order valence-corrected chi connectivity index (χ3v) is 4.62. The number of amides is 2. The first-order valence-electron chi connectivity index (χ1n) is 9.72. The Morgan fingerprint density at radius 2 is 1.94 bits per heavy atom. The predicted molar refractivity (Wildman–Crippen MR) is 119 cm³/mol. The SMILES string of the molecule is N#CC(=Cc1cccc(CCNC(=O)Nc2occ3ccccc23)c1)c1ncccn1. The lowest BCUT2D eigenvalue weighted by Gasteiger charge is -2.07. The first-order chi connectivity index (χ1) is 15.2. The number of carbonyl (C=O) groups is 1. The third-order valence-electron chi connectivity index (χ3n) is 4.62. The van der Waals surface area contributed by atoms with Crippen LogP contribution in [-0.2, 0) is 6.42 Å².